The molecule has 3 rings (SSSR count). The lowest BCUT2D eigenvalue weighted by Crippen LogP contribution is -2.49. The van der Waals surface area contributed by atoms with Crippen LogP contribution < -0.4 is 4.90 Å². The molecule has 0 N–H and O–H groups in total. The average molecular weight is 346 g/mol. The van der Waals surface area contributed by atoms with Gasteiger partial charge in [-0.1, -0.05) is 13.8 Å². The highest BCUT2D eigenvalue weighted by Crippen LogP contribution is 2.17. The summed E-state index contributed by atoms with van der Waals surface area (Å²) in [6.07, 6.45) is 0. The van der Waals surface area contributed by atoms with Crippen LogP contribution in [0.1, 0.15) is 30.2 Å². The molecule has 7 nitrogen and oxygen atoms in total. The molecule has 0 atom stereocenters. The van der Waals surface area contributed by atoms with E-state index < -0.39 is 0 Å². The van der Waals surface area contributed by atoms with Gasteiger partial charge in [0.1, 0.15) is 17.3 Å². The van der Waals surface area contributed by atoms with Crippen LogP contribution in [0.25, 0.3) is 0 Å². The second-order valence-corrected chi connectivity index (χ2v) is 6.81. The molecule has 1 amide bonds. The van der Waals surface area contributed by atoms with Crippen LogP contribution in [0.5, 0.6) is 0 Å². The minimum Gasteiger partial charge on any atom is -0.354 e. The second kappa shape index (κ2) is 8.10. The maximum atomic E-state index is 12.9. The van der Waals surface area contributed by atoms with E-state index in [1.807, 2.05) is 17.9 Å². The molecular formula is C18H30N6O. The van der Waals surface area contributed by atoms with Crippen LogP contribution in [-0.2, 0) is 0 Å². The molecule has 2 fully saturated rings. The summed E-state index contributed by atoms with van der Waals surface area (Å²) in [7, 11) is 0. The lowest BCUT2D eigenvalue weighted by molar-refractivity contribution is 0.0637. The number of aryl methyl sites for hydroxylation is 1. The third-order valence-corrected chi connectivity index (χ3v) is 5.29. The molecule has 0 aromatic carbocycles. The lowest BCUT2D eigenvalue weighted by Gasteiger charge is -2.35. The van der Waals surface area contributed by atoms with E-state index in [-0.39, 0.29) is 5.91 Å². The van der Waals surface area contributed by atoms with Gasteiger partial charge in [-0.15, -0.1) is 0 Å². The van der Waals surface area contributed by atoms with Gasteiger partial charge in [0.05, 0.1) is 0 Å². The maximum Gasteiger partial charge on any atom is 0.272 e. The van der Waals surface area contributed by atoms with Gasteiger partial charge in [0.15, 0.2) is 0 Å². The molecule has 0 unspecified atom stereocenters. The van der Waals surface area contributed by atoms with Crippen molar-refractivity contribution in [1.29, 1.82) is 0 Å². The van der Waals surface area contributed by atoms with Gasteiger partial charge in [-0.3, -0.25) is 4.79 Å². The third kappa shape index (κ3) is 4.27. The van der Waals surface area contributed by atoms with E-state index in [0.717, 1.165) is 71.3 Å². The number of likely N-dealkylation sites (N-methyl/N-ethyl adjacent to an activating group) is 2. The summed E-state index contributed by atoms with van der Waals surface area (Å²) in [6, 6.07) is 1.88. The van der Waals surface area contributed by atoms with Gasteiger partial charge < -0.3 is 19.6 Å². The molecule has 25 heavy (non-hydrogen) atoms. The Labute approximate surface area is 150 Å². The zero-order valence-electron chi connectivity index (χ0n) is 15.7. The summed E-state index contributed by atoms with van der Waals surface area (Å²) in [5.41, 5.74) is 0.533. The predicted molar refractivity (Wildman–Crippen MR) is 99.1 cm³/mol. The summed E-state index contributed by atoms with van der Waals surface area (Å²) in [4.78, 5) is 30.9. The van der Waals surface area contributed by atoms with E-state index in [0.29, 0.717) is 11.5 Å². The highest BCUT2D eigenvalue weighted by Gasteiger charge is 2.24. The summed E-state index contributed by atoms with van der Waals surface area (Å²) >= 11 is 0. The van der Waals surface area contributed by atoms with Gasteiger partial charge >= 0.3 is 0 Å². The fourth-order valence-electron chi connectivity index (χ4n) is 3.55. The number of carbonyl (C=O) groups is 1. The van der Waals surface area contributed by atoms with Crippen LogP contribution in [-0.4, -0.2) is 96.0 Å². The van der Waals surface area contributed by atoms with Crippen LogP contribution in [0.2, 0.25) is 0 Å². The molecular weight excluding hydrogens is 316 g/mol. The normalized spacial score (nSPS) is 20.1. The van der Waals surface area contributed by atoms with Crippen molar-refractivity contribution in [1.82, 2.24) is 24.7 Å². The first-order chi connectivity index (χ1) is 12.1. The number of carbonyl (C=O) groups excluding carboxylic acids is 1. The van der Waals surface area contributed by atoms with Crippen molar-refractivity contribution in [2.24, 2.45) is 0 Å². The Kier molecular flexibility index (Phi) is 5.86. The SMILES string of the molecule is CCN1CCN(C(=O)c2cc(N3CCN(CC)CC3)nc(C)n2)CC1. The Morgan fingerprint density at radius 1 is 0.920 bits per heavy atom. The number of rotatable bonds is 4. The van der Waals surface area contributed by atoms with Crippen LogP contribution in [0, 0.1) is 6.92 Å². The fourth-order valence-corrected chi connectivity index (χ4v) is 3.55. The van der Waals surface area contributed by atoms with Crippen molar-refractivity contribution in [2.45, 2.75) is 20.8 Å². The molecule has 3 heterocycles. The molecule has 138 valence electrons. The van der Waals surface area contributed by atoms with E-state index in [1.165, 1.54) is 0 Å². The number of piperazine rings is 2. The lowest BCUT2D eigenvalue weighted by atomic mass is 10.2. The largest absolute Gasteiger partial charge is 0.354 e. The second-order valence-electron chi connectivity index (χ2n) is 6.81. The number of amides is 1. The Morgan fingerprint density at radius 3 is 2.04 bits per heavy atom. The molecule has 1 aromatic rings. The summed E-state index contributed by atoms with van der Waals surface area (Å²) < 4.78 is 0. The van der Waals surface area contributed by atoms with Crippen molar-refractivity contribution in [3.63, 3.8) is 0 Å². The quantitative estimate of drug-likeness (QED) is 0.800. The van der Waals surface area contributed by atoms with Crippen molar-refractivity contribution in [3.05, 3.63) is 17.6 Å². The Hall–Kier alpha value is -1.73. The topological polar surface area (TPSA) is 55.8 Å². The molecule has 0 saturated carbocycles. The summed E-state index contributed by atoms with van der Waals surface area (Å²) in [5, 5.41) is 0. The van der Waals surface area contributed by atoms with Crippen LogP contribution in [0.4, 0.5) is 5.82 Å². The molecule has 0 aliphatic carbocycles. The molecule has 1 aromatic heterocycles. The standard InChI is InChI=1S/C18H30N6O/c1-4-21-6-10-23(11-7-21)17-14-16(19-15(3)20-17)18(25)24-12-8-22(5-2)9-13-24/h14H,4-13H2,1-3H3. The number of nitrogens with zero attached hydrogens (tertiary/aromatic N) is 6. The first kappa shape index (κ1) is 18.1. The molecule has 7 heteroatoms. The van der Waals surface area contributed by atoms with Crippen LogP contribution >= 0.6 is 0 Å². The highest BCUT2D eigenvalue weighted by molar-refractivity contribution is 5.93. The molecule has 0 radical (unpaired) electrons. The van der Waals surface area contributed by atoms with Crippen molar-refractivity contribution < 1.29 is 4.79 Å². The fraction of sp³-hybridized carbons (Fsp3) is 0.722. The van der Waals surface area contributed by atoms with E-state index >= 15 is 0 Å². The highest BCUT2D eigenvalue weighted by atomic mass is 16.2. The zero-order valence-corrected chi connectivity index (χ0v) is 15.7. The summed E-state index contributed by atoms with van der Waals surface area (Å²) in [6.45, 7) is 15.8. The van der Waals surface area contributed by atoms with Crippen molar-refractivity contribution in [3.8, 4) is 0 Å². The Balaban J connectivity index is 1.70. The summed E-state index contributed by atoms with van der Waals surface area (Å²) in [5.74, 6) is 1.60. The molecule has 0 spiro atoms. The third-order valence-electron chi connectivity index (χ3n) is 5.29. The van der Waals surface area contributed by atoms with Crippen LogP contribution in [0.15, 0.2) is 6.07 Å². The number of anilines is 1. The molecule has 0 bridgehead atoms. The van der Waals surface area contributed by atoms with Gasteiger partial charge in [0.25, 0.3) is 5.91 Å². The van der Waals surface area contributed by atoms with Gasteiger partial charge in [-0.2, -0.15) is 0 Å². The average Bonchev–Trinajstić information content (AvgIpc) is 2.67. The van der Waals surface area contributed by atoms with Crippen molar-refractivity contribution in [2.75, 3.05) is 70.3 Å². The number of hydrogen-bond acceptors (Lipinski definition) is 6. The van der Waals surface area contributed by atoms with Gasteiger partial charge in [-0.25, -0.2) is 9.97 Å². The monoisotopic (exact) mass is 346 g/mol. The van der Waals surface area contributed by atoms with Gasteiger partial charge in [-0.05, 0) is 20.0 Å². The van der Waals surface area contributed by atoms with E-state index in [2.05, 4.69) is 38.5 Å². The maximum absolute atomic E-state index is 12.9. The number of aromatic nitrogens is 2. The Morgan fingerprint density at radius 2 is 1.48 bits per heavy atom. The first-order valence-corrected chi connectivity index (χ1v) is 9.45. The van der Waals surface area contributed by atoms with Crippen LogP contribution in [0.3, 0.4) is 0 Å². The minimum atomic E-state index is 0.0368. The first-order valence-electron chi connectivity index (χ1n) is 9.45. The van der Waals surface area contributed by atoms with Gasteiger partial charge in [0, 0.05) is 58.4 Å². The van der Waals surface area contributed by atoms with Crippen molar-refractivity contribution >= 4 is 11.7 Å². The zero-order chi connectivity index (χ0) is 17.8. The van der Waals surface area contributed by atoms with E-state index in [4.69, 9.17) is 0 Å². The predicted octanol–water partition coefficient (Wildman–Crippen LogP) is 0.705. The molecule has 2 saturated heterocycles. The molecule has 2 aliphatic heterocycles. The van der Waals surface area contributed by atoms with E-state index in [1.54, 1.807) is 0 Å². The molecule has 2 aliphatic rings. The number of hydrogen-bond donors (Lipinski definition) is 0. The minimum absolute atomic E-state index is 0.0368. The smallest absolute Gasteiger partial charge is 0.272 e. The van der Waals surface area contributed by atoms with E-state index in [9.17, 15) is 4.79 Å². The Bertz CT molecular complexity index is 591. The van der Waals surface area contributed by atoms with Gasteiger partial charge in [0.2, 0.25) is 0 Å².